The van der Waals surface area contributed by atoms with E-state index in [1.54, 1.807) is 0 Å². The zero-order valence-electron chi connectivity index (χ0n) is 5.12. The summed E-state index contributed by atoms with van der Waals surface area (Å²) in [6.07, 6.45) is 0. The predicted molar refractivity (Wildman–Crippen MR) is 40.9 cm³/mol. The summed E-state index contributed by atoms with van der Waals surface area (Å²) in [4.78, 5) is 0. The van der Waals surface area contributed by atoms with E-state index in [2.05, 4.69) is 13.8 Å². The third kappa shape index (κ3) is 6.80. The molecule has 2 radical (unpaired) electrons. The summed E-state index contributed by atoms with van der Waals surface area (Å²) >= 11 is 11.0. The van der Waals surface area contributed by atoms with Gasteiger partial charge >= 0.3 is 0 Å². The van der Waals surface area contributed by atoms with Gasteiger partial charge in [0, 0.05) is 0 Å². The SMILES string of the molecule is CC(C)C[Si]C(Cl)Cl. The van der Waals surface area contributed by atoms with Crippen molar-refractivity contribution in [2.75, 3.05) is 0 Å². The molecule has 0 aromatic rings. The van der Waals surface area contributed by atoms with Gasteiger partial charge in [-0.25, -0.2) is 0 Å². The third-order valence-electron chi connectivity index (χ3n) is 0.680. The van der Waals surface area contributed by atoms with E-state index in [0.717, 1.165) is 12.0 Å². The lowest BCUT2D eigenvalue weighted by Gasteiger charge is -2.01. The molecule has 0 aromatic carbocycles. The fourth-order valence-corrected chi connectivity index (χ4v) is 1.51. The van der Waals surface area contributed by atoms with E-state index in [0.29, 0.717) is 9.52 Å². The van der Waals surface area contributed by atoms with Crippen molar-refractivity contribution in [3.8, 4) is 0 Å². The highest BCUT2D eigenvalue weighted by molar-refractivity contribution is 6.68. The van der Waals surface area contributed by atoms with Crippen LogP contribution in [-0.2, 0) is 0 Å². The maximum atomic E-state index is 5.50. The smallest absolute Gasteiger partial charge is 0.0929 e. The molecule has 0 saturated heterocycles. The third-order valence-corrected chi connectivity index (χ3v) is 2.97. The van der Waals surface area contributed by atoms with Crippen molar-refractivity contribution in [2.24, 2.45) is 5.92 Å². The quantitative estimate of drug-likeness (QED) is 0.449. The summed E-state index contributed by atoms with van der Waals surface area (Å²) in [7, 11) is 0.700. The van der Waals surface area contributed by atoms with Gasteiger partial charge in [-0.15, -0.1) is 23.2 Å². The maximum Gasteiger partial charge on any atom is 0.0929 e. The van der Waals surface area contributed by atoms with Gasteiger partial charge in [-0.3, -0.25) is 0 Å². The van der Waals surface area contributed by atoms with Gasteiger partial charge in [0.1, 0.15) is 0 Å². The fraction of sp³-hybridized carbons (Fsp3) is 1.00. The summed E-state index contributed by atoms with van der Waals surface area (Å²) < 4.78 is -0.141. The van der Waals surface area contributed by atoms with Gasteiger partial charge in [0.2, 0.25) is 0 Å². The van der Waals surface area contributed by atoms with Gasteiger partial charge in [0.05, 0.1) is 14.0 Å². The minimum atomic E-state index is -0.141. The number of rotatable bonds is 3. The normalized spacial score (nSPS) is 11.2. The summed E-state index contributed by atoms with van der Waals surface area (Å²) in [5.74, 6) is 0.730. The first-order valence-electron chi connectivity index (χ1n) is 2.64. The van der Waals surface area contributed by atoms with Crippen LogP contribution in [0.5, 0.6) is 0 Å². The molecule has 0 N–H and O–H groups in total. The lowest BCUT2D eigenvalue weighted by Crippen LogP contribution is -2.03. The molecule has 0 rings (SSSR count). The first kappa shape index (κ1) is 8.80. The monoisotopic (exact) mass is 168 g/mol. The van der Waals surface area contributed by atoms with Crippen molar-refractivity contribution in [3.05, 3.63) is 0 Å². The molecule has 0 heterocycles. The van der Waals surface area contributed by atoms with Crippen molar-refractivity contribution in [3.63, 3.8) is 0 Å². The molecule has 0 saturated carbocycles. The maximum absolute atomic E-state index is 5.50. The summed E-state index contributed by atoms with van der Waals surface area (Å²) in [5.41, 5.74) is 0. The van der Waals surface area contributed by atoms with Crippen molar-refractivity contribution < 1.29 is 0 Å². The minimum absolute atomic E-state index is 0.141. The van der Waals surface area contributed by atoms with E-state index in [1.165, 1.54) is 0 Å². The highest BCUT2D eigenvalue weighted by Gasteiger charge is 2.01. The van der Waals surface area contributed by atoms with Crippen molar-refractivity contribution in [2.45, 2.75) is 24.4 Å². The first-order valence-corrected chi connectivity index (χ1v) is 4.80. The van der Waals surface area contributed by atoms with E-state index in [-0.39, 0.29) is 4.46 Å². The van der Waals surface area contributed by atoms with Crippen LogP contribution in [0.15, 0.2) is 0 Å². The Morgan fingerprint density at radius 2 is 1.88 bits per heavy atom. The van der Waals surface area contributed by atoms with Crippen LogP contribution in [0, 0.1) is 5.92 Å². The molecule has 0 amide bonds. The Bertz CT molecular complexity index is 46.4. The topological polar surface area (TPSA) is 0 Å². The van der Waals surface area contributed by atoms with Crippen LogP contribution in [0.4, 0.5) is 0 Å². The van der Waals surface area contributed by atoms with Crippen molar-refractivity contribution in [1.29, 1.82) is 0 Å². The molecular weight excluding hydrogens is 159 g/mol. The molecule has 0 atom stereocenters. The lowest BCUT2D eigenvalue weighted by atomic mass is 10.3. The Kier molecular flexibility index (Phi) is 5.12. The van der Waals surface area contributed by atoms with Crippen LogP contribution in [-0.4, -0.2) is 14.0 Å². The number of hydrogen-bond acceptors (Lipinski definition) is 0. The lowest BCUT2D eigenvalue weighted by molar-refractivity contribution is 0.730. The van der Waals surface area contributed by atoms with Gasteiger partial charge in [0.15, 0.2) is 0 Å². The average molecular weight is 169 g/mol. The second-order valence-electron chi connectivity index (χ2n) is 2.10. The Labute approximate surface area is 63.4 Å². The average Bonchev–Trinajstić information content (AvgIpc) is 1.61. The molecule has 8 heavy (non-hydrogen) atoms. The van der Waals surface area contributed by atoms with Crippen LogP contribution in [0.2, 0.25) is 6.04 Å². The number of halogens is 2. The van der Waals surface area contributed by atoms with Gasteiger partial charge in [-0.05, 0) is 5.92 Å². The molecule has 0 aliphatic carbocycles. The molecule has 0 unspecified atom stereocenters. The van der Waals surface area contributed by atoms with Crippen molar-refractivity contribution >= 4 is 32.7 Å². The highest BCUT2D eigenvalue weighted by Crippen LogP contribution is 2.06. The first-order chi connectivity index (χ1) is 3.63. The Balaban J connectivity index is 2.93. The second-order valence-corrected chi connectivity index (χ2v) is 5.32. The predicted octanol–water partition coefficient (Wildman–Crippen LogP) is 2.53. The molecule has 0 aliphatic rings. The standard InChI is InChI=1S/C5H10Cl2Si/c1-4(2)3-8-5(6)7/h4-5H,3H2,1-2H3. The van der Waals surface area contributed by atoms with Gasteiger partial charge in [-0.2, -0.15) is 0 Å². The zero-order chi connectivity index (χ0) is 6.57. The number of alkyl halides is 2. The van der Waals surface area contributed by atoms with Crippen LogP contribution >= 0.6 is 23.2 Å². The molecule has 0 nitrogen and oxygen atoms in total. The van der Waals surface area contributed by atoms with E-state index in [4.69, 9.17) is 23.2 Å². The zero-order valence-corrected chi connectivity index (χ0v) is 7.63. The largest absolute Gasteiger partial charge is 0.110 e. The van der Waals surface area contributed by atoms with Crippen LogP contribution in [0.25, 0.3) is 0 Å². The van der Waals surface area contributed by atoms with Crippen LogP contribution in [0.3, 0.4) is 0 Å². The van der Waals surface area contributed by atoms with E-state index >= 15 is 0 Å². The van der Waals surface area contributed by atoms with Gasteiger partial charge in [-0.1, -0.05) is 19.9 Å². The molecular formula is C5H10Cl2Si. The fourth-order valence-electron chi connectivity index (χ4n) is 0.325. The summed E-state index contributed by atoms with van der Waals surface area (Å²) in [6.45, 7) is 4.34. The van der Waals surface area contributed by atoms with Gasteiger partial charge < -0.3 is 0 Å². The molecule has 0 bridgehead atoms. The van der Waals surface area contributed by atoms with Crippen LogP contribution < -0.4 is 0 Å². The molecule has 0 spiro atoms. The van der Waals surface area contributed by atoms with E-state index in [1.807, 2.05) is 0 Å². The molecule has 48 valence electrons. The molecule has 3 heteroatoms. The van der Waals surface area contributed by atoms with Crippen LogP contribution in [0.1, 0.15) is 13.8 Å². The Morgan fingerprint density at radius 3 is 2.00 bits per heavy atom. The molecule has 0 aliphatic heterocycles. The molecule has 0 aromatic heterocycles. The summed E-state index contributed by atoms with van der Waals surface area (Å²) in [6, 6.07) is 1.15. The van der Waals surface area contributed by atoms with E-state index in [9.17, 15) is 0 Å². The van der Waals surface area contributed by atoms with Crippen molar-refractivity contribution in [1.82, 2.24) is 0 Å². The Hall–Kier alpha value is 0.797. The number of hydrogen-bond donors (Lipinski definition) is 0. The molecule has 0 fully saturated rings. The van der Waals surface area contributed by atoms with Gasteiger partial charge in [0.25, 0.3) is 0 Å². The second kappa shape index (κ2) is 4.65. The summed E-state index contributed by atoms with van der Waals surface area (Å²) in [5, 5.41) is 0. The minimum Gasteiger partial charge on any atom is -0.110 e. The Morgan fingerprint density at radius 1 is 1.38 bits per heavy atom. The highest BCUT2D eigenvalue weighted by atomic mass is 35.5. The van der Waals surface area contributed by atoms with E-state index < -0.39 is 0 Å².